The monoisotopic (exact) mass is 342 g/mol. The first-order valence-electron chi connectivity index (χ1n) is 6.75. The SMILES string of the molecule is CC1(C)Oc2ccccc2C1Nc1ccc(C#N)cc1Br. The van der Waals surface area contributed by atoms with Crippen molar-refractivity contribution in [3.05, 3.63) is 58.1 Å². The van der Waals surface area contributed by atoms with Crippen molar-refractivity contribution < 1.29 is 4.74 Å². The molecule has 2 aromatic carbocycles. The Hall–Kier alpha value is -1.99. The Balaban J connectivity index is 1.96. The molecule has 0 spiro atoms. The van der Waals surface area contributed by atoms with E-state index in [1.165, 1.54) is 0 Å². The first kappa shape index (κ1) is 14.0. The Kier molecular flexibility index (Phi) is 3.38. The van der Waals surface area contributed by atoms with Crippen LogP contribution in [0.1, 0.15) is 31.0 Å². The molecule has 106 valence electrons. The van der Waals surface area contributed by atoms with E-state index in [9.17, 15) is 0 Å². The van der Waals surface area contributed by atoms with Gasteiger partial charge in [-0.2, -0.15) is 5.26 Å². The summed E-state index contributed by atoms with van der Waals surface area (Å²) in [6.07, 6.45) is 0. The number of nitrogens with one attached hydrogen (secondary N) is 1. The van der Waals surface area contributed by atoms with Crippen molar-refractivity contribution in [2.45, 2.75) is 25.5 Å². The predicted octanol–water partition coefficient (Wildman–Crippen LogP) is 4.64. The summed E-state index contributed by atoms with van der Waals surface area (Å²) in [7, 11) is 0. The summed E-state index contributed by atoms with van der Waals surface area (Å²) in [6.45, 7) is 4.14. The lowest BCUT2D eigenvalue weighted by Crippen LogP contribution is -2.34. The number of rotatable bonds is 2. The van der Waals surface area contributed by atoms with Gasteiger partial charge in [0.2, 0.25) is 0 Å². The second-order valence-corrected chi connectivity index (χ2v) is 6.48. The molecule has 0 aromatic heterocycles. The van der Waals surface area contributed by atoms with Gasteiger partial charge < -0.3 is 10.1 Å². The van der Waals surface area contributed by atoms with Crippen LogP contribution in [-0.2, 0) is 0 Å². The van der Waals surface area contributed by atoms with Crippen LogP contribution in [0.3, 0.4) is 0 Å². The van der Waals surface area contributed by atoms with Gasteiger partial charge in [-0.25, -0.2) is 0 Å². The van der Waals surface area contributed by atoms with Crippen molar-refractivity contribution in [1.82, 2.24) is 0 Å². The van der Waals surface area contributed by atoms with E-state index in [4.69, 9.17) is 10.00 Å². The highest BCUT2D eigenvalue weighted by molar-refractivity contribution is 9.10. The Morgan fingerprint density at radius 1 is 1.24 bits per heavy atom. The van der Waals surface area contributed by atoms with Crippen molar-refractivity contribution in [2.75, 3.05) is 5.32 Å². The second-order valence-electron chi connectivity index (χ2n) is 5.63. The number of hydrogen-bond donors (Lipinski definition) is 1. The molecule has 1 aliphatic heterocycles. The Morgan fingerprint density at radius 2 is 2.00 bits per heavy atom. The minimum absolute atomic E-state index is 0.0536. The van der Waals surface area contributed by atoms with Gasteiger partial charge in [-0.3, -0.25) is 0 Å². The molecule has 0 aliphatic carbocycles. The summed E-state index contributed by atoms with van der Waals surface area (Å²) in [5, 5.41) is 12.5. The average molecular weight is 343 g/mol. The van der Waals surface area contributed by atoms with Gasteiger partial charge in [0.05, 0.1) is 17.7 Å². The predicted molar refractivity (Wildman–Crippen MR) is 86.4 cm³/mol. The van der Waals surface area contributed by atoms with E-state index in [0.717, 1.165) is 21.5 Å². The van der Waals surface area contributed by atoms with Crippen LogP contribution in [0.25, 0.3) is 0 Å². The van der Waals surface area contributed by atoms with Gasteiger partial charge in [0, 0.05) is 15.7 Å². The van der Waals surface area contributed by atoms with E-state index >= 15 is 0 Å². The Labute approximate surface area is 132 Å². The van der Waals surface area contributed by atoms with E-state index in [2.05, 4.69) is 47.2 Å². The van der Waals surface area contributed by atoms with E-state index in [1.54, 1.807) is 0 Å². The number of halogens is 1. The lowest BCUT2D eigenvalue weighted by Gasteiger charge is -2.28. The van der Waals surface area contributed by atoms with Crippen LogP contribution in [0, 0.1) is 11.3 Å². The van der Waals surface area contributed by atoms with Crippen LogP contribution < -0.4 is 10.1 Å². The maximum absolute atomic E-state index is 8.94. The molecule has 3 rings (SSSR count). The van der Waals surface area contributed by atoms with Crippen molar-refractivity contribution in [1.29, 1.82) is 5.26 Å². The molecule has 1 heterocycles. The minimum atomic E-state index is -0.336. The maximum Gasteiger partial charge on any atom is 0.128 e. The average Bonchev–Trinajstić information content (AvgIpc) is 2.71. The Bertz CT molecular complexity index is 734. The van der Waals surface area contributed by atoms with Gasteiger partial charge in [0.1, 0.15) is 11.4 Å². The third kappa shape index (κ3) is 2.50. The summed E-state index contributed by atoms with van der Waals surface area (Å²) < 4.78 is 6.91. The van der Waals surface area contributed by atoms with Crippen LogP contribution in [0.5, 0.6) is 5.75 Å². The number of hydrogen-bond acceptors (Lipinski definition) is 3. The largest absolute Gasteiger partial charge is 0.485 e. The number of ether oxygens (including phenoxy) is 1. The zero-order valence-electron chi connectivity index (χ0n) is 11.9. The number of fused-ring (bicyclic) bond motifs is 1. The summed E-state index contributed by atoms with van der Waals surface area (Å²) in [5.41, 5.74) is 2.40. The third-order valence-electron chi connectivity index (χ3n) is 3.70. The fraction of sp³-hybridized carbons (Fsp3) is 0.235. The van der Waals surface area contributed by atoms with Crippen LogP contribution in [0.15, 0.2) is 46.9 Å². The van der Waals surface area contributed by atoms with Crippen LogP contribution in [0.4, 0.5) is 5.69 Å². The summed E-state index contributed by atoms with van der Waals surface area (Å²) in [4.78, 5) is 0. The van der Waals surface area contributed by atoms with Crippen LogP contribution >= 0.6 is 15.9 Å². The summed E-state index contributed by atoms with van der Waals surface area (Å²) in [6, 6.07) is 15.8. The molecule has 0 fully saturated rings. The maximum atomic E-state index is 8.94. The van der Waals surface area contributed by atoms with Gasteiger partial charge in [0.15, 0.2) is 0 Å². The smallest absolute Gasteiger partial charge is 0.128 e. The number of nitrogens with zero attached hydrogens (tertiary/aromatic N) is 1. The fourth-order valence-corrected chi connectivity index (χ4v) is 3.13. The molecule has 0 bridgehead atoms. The van der Waals surface area contributed by atoms with Crippen molar-refractivity contribution in [2.24, 2.45) is 0 Å². The summed E-state index contributed by atoms with van der Waals surface area (Å²) >= 11 is 3.52. The van der Waals surface area contributed by atoms with Gasteiger partial charge in [-0.15, -0.1) is 0 Å². The number of para-hydroxylation sites is 1. The van der Waals surface area contributed by atoms with Gasteiger partial charge in [-0.1, -0.05) is 18.2 Å². The molecule has 0 saturated carbocycles. The van der Waals surface area contributed by atoms with Gasteiger partial charge in [-0.05, 0) is 54.0 Å². The lowest BCUT2D eigenvalue weighted by molar-refractivity contribution is 0.118. The van der Waals surface area contributed by atoms with Crippen molar-refractivity contribution >= 4 is 21.6 Å². The normalized spacial score (nSPS) is 18.5. The molecular formula is C17H15BrN2O. The van der Waals surface area contributed by atoms with Gasteiger partial charge >= 0.3 is 0 Å². The van der Waals surface area contributed by atoms with Crippen LogP contribution in [-0.4, -0.2) is 5.60 Å². The zero-order valence-corrected chi connectivity index (χ0v) is 13.4. The summed E-state index contributed by atoms with van der Waals surface area (Å²) in [5.74, 6) is 0.921. The van der Waals surface area contributed by atoms with Crippen molar-refractivity contribution in [3.63, 3.8) is 0 Å². The molecule has 1 atom stereocenters. The van der Waals surface area contributed by atoms with E-state index in [-0.39, 0.29) is 11.6 Å². The molecule has 2 aromatic rings. The molecule has 1 aliphatic rings. The van der Waals surface area contributed by atoms with E-state index in [1.807, 2.05) is 36.4 Å². The zero-order chi connectivity index (χ0) is 15.0. The lowest BCUT2D eigenvalue weighted by atomic mass is 9.94. The molecule has 1 unspecified atom stereocenters. The van der Waals surface area contributed by atoms with Crippen LogP contribution in [0.2, 0.25) is 0 Å². The molecule has 3 nitrogen and oxygen atoms in total. The minimum Gasteiger partial charge on any atom is -0.485 e. The standard InChI is InChI=1S/C17H15BrN2O/c1-17(2)16(12-5-3-4-6-15(12)21-17)20-14-8-7-11(10-19)9-13(14)18/h3-9,16,20H,1-2H3. The molecule has 1 N–H and O–H groups in total. The molecule has 0 radical (unpaired) electrons. The highest BCUT2D eigenvalue weighted by Crippen LogP contribution is 2.45. The van der Waals surface area contributed by atoms with Gasteiger partial charge in [0.25, 0.3) is 0 Å². The molecule has 21 heavy (non-hydrogen) atoms. The molecular weight excluding hydrogens is 328 g/mol. The highest BCUT2D eigenvalue weighted by Gasteiger charge is 2.41. The third-order valence-corrected chi connectivity index (χ3v) is 4.35. The fourth-order valence-electron chi connectivity index (χ4n) is 2.64. The van der Waals surface area contributed by atoms with E-state index < -0.39 is 0 Å². The Morgan fingerprint density at radius 3 is 2.71 bits per heavy atom. The first-order chi connectivity index (χ1) is 10.0. The number of anilines is 1. The van der Waals surface area contributed by atoms with Crippen molar-refractivity contribution in [3.8, 4) is 11.8 Å². The molecule has 0 amide bonds. The topological polar surface area (TPSA) is 45.0 Å². The second kappa shape index (κ2) is 5.09. The quantitative estimate of drug-likeness (QED) is 0.864. The number of benzene rings is 2. The first-order valence-corrected chi connectivity index (χ1v) is 7.55. The highest BCUT2D eigenvalue weighted by atomic mass is 79.9. The molecule has 4 heteroatoms. The molecule has 0 saturated heterocycles. The van der Waals surface area contributed by atoms with E-state index in [0.29, 0.717) is 5.56 Å². The number of nitriles is 1.